The number of hydrogen-bond acceptors (Lipinski definition) is 6. The summed E-state index contributed by atoms with van der Waals surface area (Å²) in [6.45, 7) is 8.31. The summed E-state index contributed by atoms with van der Waals surface area (Å²) in [5, 5.41) is 17.5. The monoisotopic (exact) mass is 379 g/mol. The molecule has 0 radical (unpaired) electrons. The van der Waals surface area contributed by atoms with Crippen LogP contribution in [0.25, 0.3) is 0 Å². The van der Waals surface area contributed by atoms with Gasteiger partial charge in [-0.05, 0) is 64.4 Å². The van der Waals surface area contributed by atoms with Crippen LogP contribution >= 0.6 is 0 Å². The SMILES string of the molecule is CC(CC(=O)OC1CCCC1)OC(C)(C)C.NCc1cccc(B(O)O)c1. The van der Waals surface area contributed by atoms with Gasteiger partial charge in [-0.2, -0.15) is 0 Å². The van der Waals surface area contributed by atoms with E-state index in [0.29, 0.717) is 18.4 Å². The van der Waals surface area contributed by atoms with Gasteiger partial charge in [0, 0.05) is 6.54 Å². The van der Waals surface area contributed by atoms with Crippen molar-refractivity contribution in [2.45, 2.75) is 84.2 Å². The molecule has 0 saturated heterocycles. The number of ether oxygens (including phenoxy) is 2. The quantitative estimate of drug-likeness (QED) is 0.515. The zero-order valence-electron chi connectivity index (χ0n) is 17.0. The molecule has 0 heterocycles. The molecule has 0 aliphatic heterocycles. The van der Waals surface area contributed by atoms with E-state index in [1.165, 1.54) is 12.8 Å². The average molecular weight is 379 g/mol. The lowest BCUT2D eigenvalue weighted by atomic mass is 9.80. The van der Waals surface area contributed by atoms with Gasteiger partial charge < -0.3 is 25.3 Å². The minimum Gasteiger partial charge on any atom is -0.462 e. The third-order valence-corrected chi connectivity index (χ3v) is 4.09. The Kier molecular flexibility index (Phi) is 10.0. The normalized spacial score (nSPS) is 15.7. The molecule has 4 N–H and O–H groups in total. The Balaban J connectivity index is 0.000000289. The van der Waals surface area contributed by atoms with Gasteiger partial charge in [-0.15, -0.1) is 0 Å². The topological polar surface area (TPSA) is 102 Å². The van der Waals surface area contributed by atoms with E-state index in [1.54, 1.807) is 18.2 Å². The van der Waals surface area contributed by atoms with Crippen molar-refractivity contribution in [3.63, 3.8) is 0 Å². The minimum absolute atomic E-state index is 0.0751. The van der Waals surface area contributed by atoms with E-state index < -0.39 is 7.12 Å². The summed E-state index contributed by atoms with van der Waals surface area (Å²) in [5.74, 6) is -0.122. The standard InChI is InChI=1S/C13H24O3.C7H10BNO2/c1-10(16-13(2,3)4)9-12(14)15-11-7-5-6-8-11;9-5-6-2-1-3-7(4-6)8(10)11/h10-11H,5-9H2,1-4H3;1-4,10-11H,5,9H2. The Morgan fingerprint density at radius 3 is 2.44 bits per heavy atom. The van der Waals surface area contributed by atoms with E-state index in [0.717, 1.165) is 18.4 Å². The second kappa shape index (κ2) is 11.4. The van der Waals surface area contributed by atoms with Gasteiger partial charge in [-0.25, -0.2) is 0 Å². The Bertz CT molecular complexity index is 568. The molecule has 1 aromatic rings. The Hall–Kier alpha value is -1.41. The molecular formula is C20H34BNO5. The molecule has 7 heteroatoms. The lowest BCUT2D eigenvalue weighted by Crippen LogP contribution is -2.30. The van der Waals surface area contributed by atoms with Gasteiger partial charge in [-0.3, -0.25) is 4.79 Å². The zero-order chi connectivity index (χ0) is 20.4. The molecule has 1 unspecified atom stereocenters. The average Bonchev–Trinajstić information content (AvgIpc) is 3.06. The largest absolute Gasteiger partial charge is 0.488 e. The fourth-order valence-electron chi connectivity index (χ4n) is 3.00. The highest BCUT2D eigenvalue weighted by atomic mass is 16.5. The molecular weight excluding hydrogens is 345 g/mol. The highest BCUT2D eigenvalue weighted by Crippen LogP contribution is 2.22. The maximum absolute atomic E-state index is 11.6. The third kappa shape index (κ3) is 10.5. The van der Waals surface area contributed by atoms with Crippen molar-refractivity contribution < 1.29 is 24.3 Å². The molecule has 6 nitrogen and oxygen atoms in total. The molecule has 1 atom stereocenters. The van der Waals surface area contributed by atoms with Crippen LogP contribution in [0.3, 0.4) is 0 Å². The number of rotatable bonds is 6. The summed E-state index contributed by atoms with van der Waals surface area (Å²) < 4.78 is 11.0. The first-order valence-electron chi connectivity index (χ1n) is 9.63. The lowest BCUT2D eigenvalue weighted by molar-refractivity contribution is -0.154. The van der Waals surface area contributed by atoms with Gasteiger partial charge in [-0.1, -0.05) is 24.3 Å². The van der Waals surface area contributed by atoms with E-state index >= 15 is 0 Å². The van der Waals surface area contributed by atoms with Crippen LogP contribution in [0.2, 0.25) is 0 Å². The first-order chi connectivity index (χ1) is 12.6. The number of hydrogen-bond donors (Lipinski definition) is 3. The Labute approximate surface area is 163 Å². The first-order valence-corrected chi connectivity index (χ1v) is 9.63. The molecule has 2 rings (SSSR count). The van der Waals surface area contributed by atoms with Gasteiger partial charge in [0.1, 0.15) is 6.10 Å². The van der Waals surface area contributed by atoms with E-state index in [9.17, 15) is 4.79 Å². The fraction of sp³-hybridized carbons (Fsp3) is 0.650. The number of nitrogens with two attached hydrogens (primary N) is 1. The predicted molar refractivity (Wildman–Crippen MR) is 107 cm³/mol. The van der Waals surface area contributed by atoms with Crippen LogP contribution in [0.15, 0.2) is 24.3 Å². The summed E-state index contributed by atoms with van der Waals surface area (Å²) in [6.07, 6.45) is 4.87. The van der Waals surface area contributed by atoms with Crippen LogP contribution in [-0.4, -0.2) is 40.9 Å². The molecule has 1 aliphatic carbocycles. The maximum Gasteiger partial charge on any atom is 0.488 e. The molecule has 27 heavy (non-hydrogen) atoms. The Morgan fingerprint density at radius 2 is 1.93 bits per heavy atom. The summed E-state index contributed by atoms with van der Waals surface area (Å²) in [6, 6.07) is 6.90. The molecule has 1 aromatic carbocycles. The van der Waals surface area contributed by atoms with Crippen LogP contribution in [0, 0.1) is 0 Å². The van der Waals surface area contributed by atoms with Gasteiger partial charge >= 0.3 is 13.1 Å². The fourth-order valence-corrected chi connectivity index (χ4v) is 3.00. The van der Waals surface area contributed by atoms with Crippen molar-refractivity contribution in [2.24, 2.45) is 5.73 Å². The van der Waals surface area contributed by atoms with Crippen molar-refractivity contribution in [1.82, 2.24) is 0 Å². The van der Waals surface area contributed by atoms with Crippen molar-refractivity contribution in [1.29, 1.82) is 0 Å². The first kappa shape index (κ1) is 23.6. The van der Waals surface area contributed by atoms with Gasteiger partial charge in [0.25, 0.3) is 0 Å². The second-order valence-corrected chi connectivity index (χ2v) is 7.96. The van der Waals surface area contributed by atoms with Crippen LogP contribution in [0.4, 0.5) is 0 Å². The molecule has 0 aromatic heterocycles. The molecule has 1 saturated carbocycles. The molecule has 1 fully saturated rings. The van der Waals surface area contributed by atoms with Crippen molar-refractivity contribution in [2.75, 3.05) is 0 Å². The summed E-state index contributed by atoms with van der Waals surface area (Å²) in [4.78, 5) is 11.6. The van der Waals surface area contributed by atoms with Crippen LogP contribution in [0.1, 0.15) is 65.4 Å². The minimum atomic E-state index is -1.40. The van der Waals surface area contributed by atoms with Gasteiger partial charge in [0.15, 0.2) is 0 Å². The lowest BCUT2D eigenvalue weighted by Gasteiger charge is -2.24. The highest BCUT2D eigenvalue weighted by molar-refractivity contribution is 6.58. The smallest absolute Gasteiger partial charge is 0.462 e. The highest BCUT2D eigenvalue weighted by Gasteiger charge is 2.22. The third-order valence-electron chi connectivity index (χ3n) is 4.09. The number of carbonyl (C=O) groups excluding carboxylic acids is 1. The van der Waals surface area contributed by atoms with Crippen molar-refractivity contribution >= 4 is 18.6 Å². The summed E-state index contributed by atoms with van der Waals surface area (Å²) in [7, 11) is -1.40. The van der Waals surface area contributed by atoms with Crippen LogP contribution in [-0.2, 0) is 20.8 Å². The maximum atomic E-state index is 11.6. The van der Waals surface area contributed by atoms with E-state index in [-0.39, 0.29) is 23.8 Å². The Morgan fingerprint density at radius 1 is 1.30 bits per heavy atom. The molecule has 0 amide bonds. The van der Waals surface area contributed by atoms with E-state index in [4.69, 9.17) is 25.3 Å². The van der Waals surface area contributed by atoms with Gasteiger partial charge in [0.05, 0.1) is 18.1 Å². The molecule has 1 aliphatic rings. The predicted octanol–water partition coefficient (Wildman–Crippen LogP) is 1.89. The number of carbonyl (C=O) groups is 1. The molecule has 0 bridgehead atoms. The summed E-state index contributed by atoms with van der Waals surface area (Å²) in [5.41, 5.74) is 6.53. The number of benzene rings is 1. The van der Waals surface area contributed by atoms with Crippen LogP contribution < -0.4 is 11.2 Å². The van der Waals surface area contributed by atoms with E-state index in [2.05, 4.69) is 0 Å². The molecule has 152 valence electrons. The van der Waals surface area contributed by atoms with Crippen molar-refractivity contribution in [3.05, 3.63) is 29.8 Å². The van der Waals surface area contributed by atoms with Crippen LogP contribution in [0.5, 0.6) is 0 Å². The van der Waals surface area contributed by atoms with Crippen molar-refractivity contribution in [3.8, 4) is 0 Å². The zero-order valence-corrected chi connectivity index (χ0v) is 17.0. The summed E-state index contributed by atoms with van der Waals surface area (Å²) >= 11 is 0. The van der Waals surface area contributed by atoms with E-state index in [1.807, 2.05) is 33.8 Å². The van der Waals surface area contributed by atoms with Gasteiger partial charge in [0.2, 0.25) is 0 Å². The number of esters is 1. The molecule has 0 spiro atoms. The second-order valence-electron chi connectivity index (χ2n) is 7.96.